The molecule has 0 saturated heterocycles. The standard InChI is InChI=1S/C12H18Cl2N2/c1-8(12(2)4-5-12)15-7-9-6-10(13)11(14)16(9)3/h6,8,15H,4-5,7H2,1-3H3. The SMILES string of the molecule is CC(NCc1cc(Cl)c(Cl)n1C)C1(C)CC1. The second-order valence-corrected chi connectivity index (χ2v) is 5.86. The van der Waals surface area contributed by atoms with E-state index in [0.717, 1.165) is 12.2 Å². The molecular formula is C12H18Cl2N2. The van der Waals surface area contributed by atoms with Gasteiger partial charge in [0.25, 0.3) is 0 Å². The van der Waals surface area contributed by atoms with Gasteiger partial charge < -0.3 is 9.88 Å². The molecule has 0 aliphatic heterocycles. The van der Waals surface area contributed by atoms with Crippen LogP contribution >= 0.6 is 23.2 Å². The van der Waals surface area contributed by atoms with E-state index in [1.165, 1.54) is 12.8 Å². The minimum atomic E-state index is 0.499. The van der Waals surface area contributed by atoms with Gasteiger partial charge in [-0.25, -0.2) is 0 Å². The van der Waals surface area contributed by atoms with Crippen LogP contribution in [0.2, 0.25) is 10.2 Å². The molecule has 1 aliphatic carbocycles. The first-order valence-electron chi connectivity index (χ1n) is 5.67. The molecule has 0 aromatic carbocycles. The fourth-order valence-electron chi connectivity index (χ4n) is 1.89. The number of hydrogen-bond donors (Lipinski definition) is 1. The Balaban J connectivity index is 1.97. The van der Waals surface area contributed by atoms with Crippen molar-refractivity contribution in [2.45, 2.75) is 39.3 Å². The first-order chi connectivity index (χ1) is 7.44. The molecule has 2 rings (SSSR count). The van der Waals surface area contributed by atoms with Gasteiger partial charge in [-0.2, -0.15) is 0 Å². The molecule has 0 radical (unpaired) electrons. The molecule has 1 aromatic heterocycles. The summed E-state index contributed by atoms with van der Waals surface area (Å²) < 4.78 is 1.93. The van der Waals surface area contributed by atoms with Crippen LogP contribution in [0.4, 0.5) is 0 Å². The van der Waals surface area contributed by atoms with Crippen molar-refractivity contribution in [3.8, 4) is 0 Å². The fourth-order valence-corrected chi connectivity index (χ4v) is 2.31. The molecule has 1 fully saturated rings. The number of halogens is 2. The average Bonchev–Trinajstić information content (AvgIpc) is 2.95. The maximum atomic E-state index is 6.02. The van der Waals surface area contributed by atoms with E-state index in [4.69, 9.17) is 23.2 Å². The summed E-state index contributed by atoms with van der Waals surface area (Å²) in [5.74, 6) is 0. The molecule has 0 spiro atoms. The highest BCUT2D eigenvalue weighted by Crippen LogP contribution is 2.48. The van der Waals surface area contributed by atoms with Crippen LogP contribution < -0.4 is 5.32 Å². The highest BCUT2D eigenvalue weighted by atomic mass is 35.5. The second kappa shape index (κ2) is 4.25. The molecule has 1 aliphatic rings. The zero-order valence-corrected chi connectivity index (χ0v) is 11.5. The van der Waals surface area contributed by atoms with Crippen LogP contribution in [0.1, 0.15) is 32.4 Å². The van der Waals surface area contributed by atoms with E-state index in [9.17, 15) is 0 Å². The Morgan fingerprint density at radius 1 is 1.50 bits per heavy atom. The molecule has 4 heteroatoms. The summed E-state index contributed by atoms with van der Waals surface area (Å²) in [5.41, 5.74) is 1.63. The van der Waals surface area contributed by atoms with Crippen molar-refractivity contribution in [1.29, 1.82) is 0 Å². The Bertz CT molecular complexity index is 394. The van der Waals surface area contributed by atoms with Gasteiger partial charge in [0.05, 0.1) is 5.02 Å². The summed E-state index contributed by atoms with van der Waals surface area (Å²) >= 11 is 12.0. The predicted octanol–water partition coefficient (Wildman–Crippen LogP) is 3.61. The monoisotopic (exact) mass is 260 g/mol. The summed E-state index contributed by atoms with van der Waals surface area (Å²) in [6, 6.07) is 2.47. The Labute approximate surface area is 107 Å². The van der Waals surface area contributed by atoms with Crippen molar-refractivity contribution >= 4 is 23.2 Å². The van der Waals surface area contributed by atoms with Crippen LogP contribution in [0.25, 0.3) is 0 Å². The number of nitrogens with zero attached hydrogens (tertiary/aromatic N) is 1. The summed E-state index contributed by atoms with van der Waals surface area (Å²) in [5, 5.41) is 4.79. The molecule has 1 saturated carbocycles. The lowest BCUT2D eigenvalue weighted by Crippen LogP contribution is -2.33. The second-order valence-electron chi connectivity index (χ2n) is 5.09. The summed E-state index contributed by atoms with van der Waals surface area (Å²) in [6.07, 6.45) is 2.66. The zero-order chi connectivity index (χ0) is 11.9. The van der Waals surface area contributed by atoms with E-state index in [2.05, 4.69) is 19.2 Å². The van der Waals surface area contributed by atoms with Gasteiger partial charge in [0, 0.05) is 25.3 Å². The van der Waals surface area contributed by atoms with Crippen LogP contribution in [0.3, 0.4) is 0 Å². The van der Waals surface area contributed by atoms with E-state index in [0.29, 0.717) is 21.6 Å². The molecule has 1 heterocycles. The molecule has 2 nitrogen and oxygen atoms in total. The van der Waals surface area contributed by atoms with Gasteiger partial charge in [-0.05, 0) is 31.2 Å². The van der Waals surface area contributed by atoms with Gasteiger partial charge in [-0.3, -0.25) is 0 Å². The van der Waals surface area contributed by atoms with Gasteiger partial charge in [0.15, 0.2) is 0 Å². The third-order valence-electron chi connectivity index (χ3n) is 3.89. The topological polar surface area (TPSA) is 17.0 Å². The van der Waals surface area contributed by atoms with Gasteiger partial charge >= 0.3 is 0 Å². The predicted molar refractivity (Wildman–Crippen MR) is 69.1 cm³/mol. The van der Waals surface area contributed by atoms with E-state index in [1.54, 1.807) is 0 Å². The van der Waals surface area contributed by atoms with E-state index < -0.39 is 0 Å². The molecule has 1 unspecified atom stereocenters. The Kier molecular flexibility index (Phi) is 3.26. The molecule has 0 bridgehead atoms. The Morgan fingerprint density at radius 3 is 2.56 bits per heavy atom. The maximum absolute atomic E-state index is 6.02. The van der Waals surface area contributed by atoms with E-state index in [1.807, 2.05) is 17.7 Å². The minimum Gasteiger partial charge on any atom is -0.336 e. The molecule has 90 valence electrons. The molecule has 1 N–H and O–H groups in total. The van der Waals surface area contributed by atoms with Gasteiger partial charge in [-0.1, -0.05) is 30.1 Å². The Morgan fingerprint density at radius 2 is 2.12 bits per heavy atom. The Hall–Kier alpha value is -0.180. The quantitative estimate of drug-likeness (QED) is 0.876. The first-order valence-corrected chi connectivity index (χ1v) is 6.42. The molecule has 16 heavy (non-hydrogen) atoms. The number of rotatable bonds is 4. The van der Waals surface area contributed by atoms with Crippen LogP contribution in [0.15, 0.2) is 6.07 Å². The van der Waals surface area contributed by atoms with Crippen LogP contribution in [-0.4, -0.2) is 10.6 Å². The smallest absolute Gasteiger partial charge is 0.127 e. The van der Waals surface area contributed by atoms with Crippen LogP contribution in [-0.2, 0) is 13.6 Å². The van der Waals surface area contributed by atoms with Crippen molar-refractivity contribution in [3.63, 3.8) is 0 Å². The lowest BCUT2D eigenvalue weighted by atomic mass is 10.0. The fraction of sp³-hybridized carbons (Fsp3) is 0.667. The zero-order valence-electron chi connectivity index (χ0n) is 9.98. The van der Waals surface area contributed by atoms with Crippen molar-refractivity contribution in [3.05, 3.63) is 21.9 Å². The van der Waals surface area contributed by atoms with Crippen molar-refractivity contribution < 1.29 is 0 Å². The number of aromatic nitrogens is 1. The maximum Gasteiger partial charge on any atom is 0.127 e. The molecule has 1 aromatic rings. The van der Waals surface area contributed by atoms with Gasteiger partial charge in [0.2, 0.25) is 0 Å². The molecular weight excluding hydrogens is 243 g/mol. The number of nitrogens with one attached hydrogen (secondary N) is 1. The highest BCUT2D eigenvalue weighted by Gasteiger charge is 2.42. The summed E-state index contributed by atoms with van der Waals surface area (Å²) in [4.78, 5) is 0. The summed E-state index contributed by atoms with van der Waals surface area (Å²) in [6.45, 7) is 5.40. The van der Waals surface area contributed by atoms with Crippen LogP contribution in [0.5, 0.6) is 0 Å². The molecule has 0 amide bonds. The lowest BCUT2D eigenvalue weighted by molar-refractivity contribution is 0.376. The van der Waals surface area contributed by atoms with E-state index >= 15 is 0 Å². The third kappa shape index (κ3) is 2.24. The van der Waals surface area contributed by atoms with Crippen molar-refractivity contribution in [2.75, 3.05) is 0 Å². The highest BCUT2D eigenvalue weighted by molar-refractivity contribution is 6.41. The van der Waals surface area contributed by atoms with Crippen molar-refractivity contribution in [2.24, 2.45) is 12.5 Å². The van der Waals surface area contributed by atoms with Gasteiger partial charge in [0.1, 0.15) is 5.15 Å². The van der Waals surface area contributed by atoms with E-state index in [-0.39, 0.29) is 0 Å². The molecule has 1 atom stereocenters. The first kappa shape index (κ1) is 12.3. The average molecular weight is 261 g/mol. The number of hydrogen-bond acceptors (Lipinski definition) is 1. The third-order valence-corrected chi connectivity index (χ3v) is 4.73. The lowest BCUT2D eigenvalue weighted by Gasteiger charge is -2.20. The minimum absolute atomic E-state index is 0.499. The normalized spacial score (nSPS) is 19.8. The summed E-state index contributed by atoms with van der Waals surface area (Å²) in [7, 11) is 1.94. The van der Waals surface area contributed by atoms with Crippen molar-refractivity contribution in [1.82, 2.24) is 9.88 Å². The largest absolute Gasteiger partial charge is 0.336 e. The van der Waals surface area contributed by atoms with Crippen LogP contribution in [0, 0.1) is 5.41 Å². The van der Waals surface area contributed by atoms with Gasteiger partial charge in [-0.15, -0.1) is 0 Å².